The van der Waals surface area contributed by atoms with Crippen LogP contribution in [0.3, 0.4) is 0 Å². The van der Waals surface area contributed by atoms with Crippen molar-refractivity contribution in [1.29, 1.82) is 0 Å². The monoisotopic (exact) mass is 281 g/mol. The first-order valence-corrected chi connectivity index (χ1v) is 7.25. The van der Waals surface area contributed by atoms with Gasteiger partial charge in [-0.05, 0) is 49.1 Å². The molecule has 2 N–H and O–H groups in total. The Bertz CT molecular complexity index is 647. The zero-order valence-corrected chi connectivity index (χ0v) is 12.1. The minimum Gasteiger partial charge on any atom is -0.326 e. The van der Waals surface area contributed by atoms with E-state index in [1.165, 1.54) is 0 Å². The van der Waals surface area contributed by atoms with E-state index in [2.05, 4.69) is 4.98 Å². The van der Waals surface area contributed by atoms with Crippen molar-refractivity contribution < 1.29 is 4.79 Å². The molecular formula is C17H19N3O. The molecule has 0 radical (unpaired) electrons. The second-order valence-electron chi connectivity index (χ2n) is 5.45. The average molecular weight is 281 g/mol. The molecule has 1 aromatic heterocycles. The number of hydrogen-bond donors (Lipinski definition) is 1. The van der Waals surface area contributed by atoms with E-state index in [-0.39, 0.29) is 5.91 Å². The third-order valence-corrected chi connectivity index (χ3v) is 3.79. The van der Waals surface area contributed by atoms with Gasteiger partial charge in [-0.15, -0.1) is 0 Å². The van der Waals surface area contributed by atoms with Crippen molar-refractivity contribution in [3.63, 3.8) is 0 Å². The van der Waals surface area contributed by atoms with E-state index < -0.39 is 0 Å². The van der Waals surface area contributed by atoms with Crippen molar-refractivity contribution in [2.45, 2.75) is 32.4 Å². The Kier molecular flexibility index (Phi) is 3.71. The molecule has 4 nitrogen and oxygen atoms in total. The molecule has 1 aliphatic rings. The molecule has 0 unspecified atom stereocenters. The molecule has 2 aromatic rings. The molecule has 1 aliphatic carbocycles. The largest absolute Gasteiger partial charge is 0.326 e. The summed E-state index contributed by atoms with van der Waals surface area (Å²) in [6, 6.07) is 12.0. The summed E-state index contributed by atoms with van der Waals surface area (Å²) < 4.78 is 0. The average Bonchev–Trinajstić information content (AvgIpc) is 3.33. The Morgan fingerprint density at radius 3 is 2.57 bits per heavy atom. The second-order valence-corrected chi connectivity index (χ2v) is 5.45. The van der Waals surface area contributed by atoms with E-state index in [1.54, 1.807) is 6.20 Å². The predicted molar refractivity (Wildman–Crippen MR) is 83.1 cm³/mol. The number of aromatic nitrogens is 1. The standard InChI is InChI=1S/C17H19N3O/c1-12-3-2-10-19-16(12)17(21)20(15-8-9-15)14-6-4-13(11-18)5-7-14/h2-7,10,15H,8-9,11,18H2,1H3. The van der Waals surface area contributed by atoms with E-state index in [0.717, 1.165) is 29.7 Å². The lowest BCUT2D eigenvalue weighted by atomic mass is 10.1. The fourth-order valence-electron chi connectivity index (χ4n) is 2.44. The second kappa shape index (κ2) is 5.66. The van der Waals surface area contributed by atoms with Gasteiger partial charge < -0.3 is 10.6 Å². The molecule has 1 saturated carbocycles. The number of aryl methyl sites for hydroxylation is 1. The summed E-state index contributed by atoms with van der Waals surface area (Å²) in [7, 11) is 0. The fraction of sp³-hybridized carbons (Fsp3) is 0.294. The third kappa shape index (κ3) is 2.81. The van der Waals surface area contributed by atoms with Gasteiger partial charge in [-0.25, -0.2) is 0 Å². The molecule has 3 rings (SSSR count). The Labute approximate surface area is 124 Å². The van der Waals surface area contributed by atoms with Crippen LogP contribution in [0.2, 0.25) is 0 Å². The minimum absolute atomic E-state index is 0.0175. The Morgan fingerprint density at radius 2 is 2.00 bits per heavy atom. The first-order valence-electron chi connectivity index (χ1n) is 7.25. The maximum absolute atomic E-state index is 12.8. The number of nitrogens with two attached hydrogens (primary N) is 1. The lowest BCUT2D eigenvalue weighted by Gasteiger charge is -2.23. The molecule has 0 bridgehead atoms. The van der Waals surface area contributed by atoms with Gasteiger partial charge in [0.05, 0.1) is 0 Å². The van der Waals surface area contributed by atoms with Crippen LogP contribution >= 0.6 is 0 Å². The van der Waals surface area contributed by atoms with Crippen LogP contribution in [-0.2, 0) is 6.54 Å². The van der Waals surface area contributed by atoms with E-state index in [4.69, 9.17) is 5.73 Å². The van der Waals surface area contributed by atoms with Crippen LogP contribution in [0.4, 0.5) is 5.69 Å². The maximum atomic E-state index is 12.8. The number of amides is 1. The van der Waals surface area contributed by atoms with Gasteiger partial charge in [0.1, 0.15) is 5.69 Å². The van der Waals surface area contributed by atoms with Crippen LogP contribution in [0, 0.1) is 6.92 Å². The fourth-order valence-corrected chi connectivity index (χ4v) is 2.44. The molecule has 1 amide bonds. The summed E-state index contributed by atoms with van der Waals surface area (Å²) in [4.78, 5) is 19.0. The van der Waals surface area contributed by atoms with Crippen LogP contribution in [0.5, 0.6) is 0 Å². The van der Waals surface area contributed by atoms with E-state index in [9.17, 15) is 4.79 Å². The van der Waals surface area contributed by atoms with E-state index in [1.807, 2.05) is 48.2 Å². The number of hydrogen-bond acceptors (Lipinski definition) is 3. The lowest BCUT2D eigenvalue weighted by Crippen LogP contribution is -2.34. The number of anilines is 1. The highest BCUT2D eigenvalue weighted by Gasteiger charge is 2.35. The summed E-state index contributed by atoms with van der Waals surface area (Å²) in [6.07, 6.45) is 3.77. The molecule has 108 valence electrons. The van der Waals surface area contributed by atoms with Gasteiger partial charge in [0, 0.05) is 24.5 Å². The van der Waals surface area contributed by atoms with Crippen molar-refractivity contribution >= 4 is 11.6 Å². The third-order valence-electron chi connectivity index (χ3n) is 3.79. The number of nitrogens with zero attached hydrogens (tertiary/aromatic N) is 2. The summed E-state index contributed by atoms with van der Waals surface area (Å²) in [6.45, 7) is 2.43. The van der Waals surface area contributed by atoms with Crippen LogP contribution in [0.15, 0.2) is 42.6 Å². The molecule has 4 heteroatoms. The maximum Gasteiger partial charge on any atom is 0.277 e. The highest BCUT2D eigenvalue weighted by molar-refractivity contribution is 6.06. The predicted octanol–water partition coefficient (Wildman–Crippen LogP) is 2.66. The summed E-state index contributed by atoms with van der Waals surface area (Å²) in [5.41, 5.74) is 9.06. The van der Waals surface area contributed by atoms with Gasteiger partial charge in [-0.3, -0.25) is 9.78 Å². The van der Waals surface area contributed by atoms with Gasteiger partial charge in [0.2, 0.25) is 0 Å². The molecule has 21 heavy (non-hydrogen) atoms. The molecule has 1 aromatic carbocycles. The normalized spacial score (nSPS) is 14.0. The topological polar surface area (TPSA) is 59.2 Å². The SMILES string of the molecule is Cc1cccnc1C(=O)N(c1ccc(CN)cc1)C1CC1. The molecular weight excluding hydrogens is 262 g/mol. The number of pyridine rings is 1. The zero-order valence-electron chi connectivity index (χ0n) is 12.1. The van der Waals surface area contributed by atoms with Crippen LogP contribution in [0.1, 0.15) is 34.5 Å². The van der Waals surface area contributed by atoms with Crippen LogP contribution in [-0.4, -0.2) is 16.9 Å². The van der Waals surface area contributed by atoms with E-state index in [0.29, 0.717) is 18.3 Å². The van der Waals surface area contributed by atoms with Crippen molar-refractivity contribution in [2.75, 3.05) is 4.90 Å². The quantitative estimate of drug-likeness (QED) is 0.937. The molecule has 0 spiro atoms. The van der Waals surface area contributed by atoms with Gasteiger partial charge in [-0.1, -0.05) is 18.2 Å². The number of carbonyl (C=O) groups excluding carboxylic acids is 1. The zero-order chi connectivity index (χ0) is 14.8. The Morgan fingerprint density at radius 1 is 1.29 bits per heavy atom. The highest BCUT2D eigenvalue weighted by atomic mass is 16.2. The first-order chi connectivity index (χ1) is 10.2. The van der Waals surface area contributed by atoms with Crippen molar-refractivity contribution in [3.8, 4) is 0 Å². The molecule has 1 heterocycles. The molecule has 1 fully saturated rings. The Balaban J connectivity index is 1.94. The lowest BCUT2D eigenvalue weighted by molar-refractivity contribution is 0.0980. The smallest absolute Gasteiger partial charge is 0.277 e. The van der Waals surface area contributed by atoms with Crippen molar-refractivity contribution in [2.24, 2.45) is 5.73 Å². The van der Waals surface area contributed by atoms with Crippen LogP contribution in [0.25, 0.3) is 0 Å². The molecule has 0 saturated heterocycles. The van der Waals surface area contributed by atoms with Gasteiger partial charge in [-0.2, -0.15) is 0 Å². The molecule has 0 aliphatic heterocycles. The first kappa shape index (κ1) is 13.8. The van der Waals surface area contributed by atoms with E-state index >= 15 is 0 Å². The molecule has 0 atom stereocenters. The summed E-state index contributed by atoms with van der Waals surface area (Å²) in [5, 5.41) is 0. The van der Waals surface area contributed by atoms with Gasteiger partial charge in [0.15, 0.2) is 0 Å². The van der Waals surface area contributed by atoms with Crippen LogP contribution < -0.4 is 10.6 Å². The minimum atomic E-state index is -0.0175. The summed E-state index contributed by atoms with van der Waals surface area (Å²) in [5.74, 6) is -0.0175. The number of rotatable bonds is 4. The van der Waals surface area contributed by atoms with Crippen molar-refractivity contribution in [3.05, 3.63) is 59.4 Å². The van der Waals surface area contributed by atoms with Gasteiger partial charge in [0.25, 0.3) is 5.91 Å². The highest BCUT2D eigenvalue weighted by Crippen LogP contribution is 2.33. The number of carbonyl (C=O) groups is 1. The summed E-state index contributed by atoms with van der Waals surface area (Å²) >= 11 is 0. The van der Waals surface area contributed by atoms with Crippen molar-refractivity contribution in [1.82, 2.24) is 4.98 Å². The van der Waals surface area contributed by atoms with Gasteiger partial charge >= 0.3 is 0 Å². The Hall–Kier alpha value is -2.20. The number of benzene rings is 1.